The number of carbonyl (C=O) groups excluding carboxylic acids is 4. The average molecular weight is 445 g/mol. The molecule has 0 saturated carbocycles. The van der Waals surface area contributed by atoms with E-state index < -0.39 is 35.9 Å². The maximum atomic E-state index is 13.1. The second-order valence-corrected chi connectivity index (χ2v) is 9.17. The first-order valence-electron chi connectivity index (χ1n) is 11.2. The van der Waals surface area contributed by atoms with Gasteiger partial charge >= 0.3 is 5.97 Å². The maximum Gasteiger partial charge on any atom is 0.330 e. The number of nitrogens with zero attached hydrogens (tertiary/aromatic N) is 3. The highest BCUT2D eigenvalue weighted by molar-refractivity contribution is 6.08. The normalized spacial score (nSPS) is 22.3. The molecule has 0 bridgehead atoms. The van der Waals surface area contributed by atoms with Crippen molar-refractivity contribution in [2.24, 2.45) is 17.8 Å². The molecule has 1 N–H and O–H groups in total. The number of hydrogen-bond donors (Lipinski definition) is 1. The van der Waals surface area contributed by atoms with Crippen LogP contribution in [0.25, 0.3) is 0 Å². The van der Waals surface area contributed by atoms with Crippen LogP contribution in [0.15, 0.2) is 24.4 Å². The monoisotopic (exact) mass is 444 g/mol. The molecule has 2 heterocycles. The van der Waals surface area contributed by atoms with E-state index in [9.17, 15) is 19.2 Å². The summed E-state index contributed by atoms with van der Waals surface area (Å²) in [6.45, 7) is 9.14. The van der Waals surface area contributed by atoms with E-state index in [0.717, 1.165) is 4.90 Å². The molecule has 1 fully saturated rings. The molecule has 4 atom stereocenters. The lowest BCUT2D eigenvalue weighted by Gasteiger charge is -2.27. The third-order valence-electron chi connectivity index (χ3n) is 5.89. The van der Waals surface area contributed by atoms with Crippen molar-refractivity contribution < 1.29 is 23.9 Å². The van der Waals surface area contributed by atoms with E-state index in [1.165, 1.54) is 6.92 Å². The van der Waals surface area contributed by atoms with Crippen LogP contribution in [0.4, 0.5) is 5.82 Å². The summed E-state index contributed by atoms with van der Waals surface area (Å²) < 4.78 is 7.09. The molecule has 1 aromatic rings. The standard InChI is InChI=1S/C23H32N4O5/c1-13(2)12-18(26-21(29)16-8-6-7-9-17(16)22(26)30)23(31)32-15(5)20(28)25-19-10-11-24-27(19)14(3)4/h6-7,10-11,13-18H,8-9,12H2,1-5H3,(H,25,28)/t15-,16-,17+,18+/m0/s1. The lowest BCUT2D eigenvalue weighted by atomic mass is 9.85. The first kappa shape index (κ1) is 23.7. The quantitative estimate of drug-likeness (QED) is 0.375. The van der Waals surface area contributed by atoms with Gasteiger partial charge in [0.1, 0.15) is 11.9 Å². The van der Waals surface area contributed by atoms with Crippen LogP contribution >= 0.6 is 0 Å². The van der Waals surface area contributed by atoms with Crippen LogP contribution in [0, 0.1) is 17.8 Å². The van der Waals surface area contributed by atoms with Crippen LogP contribution in [-0.4, -0.2) is 50.5 Å². The Balaban J connectivity index is 1.72. The Morgan fingerprint density at radius 2 is 1.69 bits per heavy atom. The van der Waals surface area contributed by atoms with Crippen LogP contribution in [0.3, 0.4) is 0 Å². The van der Waals surface area contributed by atoms with Gasteiger partial charge in [-0.25, -0.2) is 9.48 Å². The van der Waals surface area contributed by atoms with Gasteiger partial charge < -0.3 is 10.1 Å². The molecule has 1 aliphatic heterocycles. The zero-order chi connectivity index (χ0) is 23.6. The SMILES string of the molecule is CC(C)C[C@H](C(=O)O[C@@H](C)C(=O)Nc1ccnn1C(C)C)N1C(=O)[C@H]2CC=CC[C@H]2C1=O. The van der Waals surface area contributed by atoms with Gasteiger partial charge in [-0.3, -0.25) is 19.3 Å². The molecule has 1 aliphatic carbocycles. The van der Waals surface area contributed by atoms with Crippen molar-refractivity contribution in [3.8, 4) is 0 Å². The molecule has 0 unspecified atom stereocenters. The van der Waals surface area contributed by atoms with Gasteiger partial charge in [0.05, 0.1) is 18.0 Å². The first-order valence-corrected chi connectivity index (χ1v) is 11.2. The molecule has 0 spiro atoms. The molecule has 2 aliphatic rings. The fraction of sp³-hybridized carbons (Fsp3) is 0.609. The number of ether oxygens (including phenoxy) is 1. The number of fused-ring (bicyclic) bond motifs is 1. The van der Waals surface area contributed by atoms with Crippen molar-refractivity contribution >= 4 is 29.5 Å². The van der Waals surface area contributed by atoms with Gasteiger partial charge in [-0.05, 0) is 46.0 Å². The van der Waals surface area contributed by atoms with Crippen LogP contribution in [0.1, 0.15) is 59.9 Å². The smallest absolute Gasteiger partial charge is 0.330 e. The molecule has 1 saturated heterocycles. The summed E-state index contributed by atoms with van der Waals surface area (Å²) in [7, 11) is 0. The van der Waals surface area contributed by atoms with E-state index in [2.05, 4.69) is 10.4 Å². The summed E-state index contributed by atoms with van der Waals surface area (Å²) in [6, 6.07) is 0.654. The zero-order valence-electron chi connectivity index (χ0n) is 19.3. The Kier molecular flexibility index (Phi) is 7.16. The molecule has 0 aromatic carbocycles. The molecule has 174 valence electrons. The summed E-state index contributed by atoms with van der Waals surface area (Å²) in [5, 5.41) is 6.87. The summed E-state index contributed by atoms with van der Waals surface area (Å²) >= 11 is 0. The summed E-state index contributed by atoms with van der Waals surface area (Å²) in [6.07, 6.45) is 5.54. The van der Waals surface area contributed by atoms with Gasteiger partial charge in [-0.2, -0.15) is 5.10 Å². The Bertz CT molecular complexity index is 893. The van der Waals surface area contributed by atoms with Crippen molar-refractivity contribution in [1.82, 2.24) is 14.7 Å². The van der Waals surface area contributed by atoms with Crippen LogP contribution < -0.4 is 5.32 Å². The molecular formula is C23H32N4O5. The third kappa shape index (κ3) is 4.76. The average Bonchev–Trinajstić information content (AvgIpc) is 3.29. The predicted molar refractivity (Wildman–Crippen MR) is 117 cm³/mol. The number of carbonyl (C=O) groups is 4. The van der Waals surface area contributed by atoms with E-state index >= 15 is 0 Å². The van der Waals surface area contributed by atoms with E-state index in [1.807, 2.05) is 39.8 Å². The number of allylic oxidation sites excluding steroid dienone is 2. The summed E-state index contributed by atoms with van der Waals surface area (Å²) in [4.78, 5) is 52.8. The Hall–Kier alpha value is -2.97. The highest BCUT2D eigenvalue weighted by Crippen LogP contribution is 2.37. The number of imide groups is 1. The van der Waals surface area contributed by atoms with E-state index in [4.69, 9.17) is 4.74 Å². The minimum Gasteiger partial charge on any atom is -0.451 e. The minimum atomic E-state index is -1.11. The summed E-state index contributed by atoms with van der Waals surface area (Å²) in [5.41, 5.74) is 0. The van der Waals surface area contributed by atoms with Crippen LogP contribution in [-0.2, 0) is 23.9 Å². The number of likely N-dealkylation sites (tertiary alicyclic amines) is 1. The Morgan fingerprint density at radius 1 is 1.09 bits per heavy atom. The topological polar surface area (TPSA) is 111 Å². The number of anilines is 1. The molecule has 9 heteroatoms. The largest absolute Gasteiger partial charge is 0.451 e. The van der Waals surface area contributed by atoms with E-state index in [0.29, 0.717) is 18.7 Å². The number of hydrogen-bond acceptors (Lipinski definition) is 6. The number of nitrogens with one attached hydrogen (secondary N) is 1. The van der Waals surface area contributed by atoms with Crippen molar-refractivity contribution in [2.45, 2.75) is 72.1 Å². The van der Waals surface area contributed by atoms with E-state index in [-0.39, 0.29) is 30.2 Å². The number of rotatable bonds is 8. The second-order valence-electron chi connectivity index (χ2n) is 9.17. The fourth-order valence-corrected chi connectivity index (χ4v) is 4.25. The Morgan fingerprint density at radius 3 is 2.22 bits per heavy atom. The minimum absolute atomic E-state index is 0.0402. The van der Waals surface area contributed by atoms with Gasteiger partial charge in [0.25, 0.3) is 5.91 Å². The molecular weight excluding hydrogens is 412 g/mol. The van der Waals surface area contributed by atoms with Crippen molar-refractivity contribution in [3.05, 3.63) is 24.4 Å². The molecule has 0 radical (unpaired) electrons. The van der Waals surface area contributed by atoms with Crippen molar-refractivity contribution in [2.75, 3.05) is 5.32 Å². The molecule has 3 rings (SSSR count). The highest BCUT2D eigenvalue weighted by Gasteiger charge is 2.51. The van der Waals surface area contributed by atoms with Crippen molar-refractivity contribution in [1.29, 1.82) is 0 Å². The molecule has 9 nitrogen and oxygen atoms in total. The van der Waals surface area contributed by atoms with Crippen molar-refractivity contribution in [3.63, 3.8) is 0 Å². The third-order valence-corrected chi connectivity index (χ3v) is 5.89. The van der Waals surface area contributed by atoms with Gasteiger partial charge in [-0.1, -0.05) is 26.0 Å². The predicted octanol–water partition coefficient (Wildman–Crippen LogP) is 2.70. The molecule has 3 amide bonds. The summed E-state index contributed by atoms with van der Waals surface area (Å²) in [5.74, 6) is -2.23. The van der Waals surface area contributed by atoms with Crippen LogP contribution in [0.5, 0.6) is 0 Å². The fourth-order valence-electron chi connectivity index (χ4n) is 4.25. The lowest BCUT2D eigenvalue weighted by Crippen LogP contribution is -2.48. The van der Waals surface area contributed by atoms with Gasteiger partial charge in [-0.15, -0.1) is 0 Å². The highest BCUT2D eigenvalue weighted by atomic mass is 16.5. The second kappa shape index (κ2) is 9.67. The molecule has 1 aromatic heterocycles. The van der Waals surface area contributed by atoms with E-state index in [1.54, 1.807) is 16.9 Å². The van der Waals surface area contributed by atoms with Gasteiger partial charge in [0.15, 0.2) is 6.10 Å². The van der Waals surface area contributed by atoms with Crippen LogP contribution in [0.2, 0.25) is 0 Å². The van der Waals surface area contributed by atoms with Gasteiger partial charge in [0.2, 0.25) is 11.8 Å². The zero-order valence-corrected chi connectivity index (χ0v) is 19.3. The Labute approximate surface area is 188 Å². The lowest BCUT2D eigenvalue weighted by molar-refractivity contribution is -0.164. The number of esters is 1. The number of amides is 3. The first-order chi connectivity index (χ1) is 15.1. The number of aromatic nitrogens is 2. The molecule has 32 heavy (non-hydrogen) atoms. The van der Waals surface area contributed by atoms with Gasteiger partial charge in [0, 0.05) is 12.1 Å². The maximum absolute atomic E-state index is 13.1.